The standard InChI is InChI=1S/C19H22N4O4S2/c1-12(24)20-13-4-3-5-14(10-13)21-16(25)11-29-19-22-15-6-9-28-17(15)18(26)23(19)7-8-27-2/h3-5,10H,6-9,11H2,1-2H3,(H,20,24)(H,21,25). The number of aromatic nitrogens is 2. The summed E-state index contributed by atoms with van der Waals surface area (Å²) in [5, 5.41) is 6.00. The summed E-state index contributed by atoms with van der Waals surface area (Å²) in [4.78, 5) is 41.6. The van der Waals surface area contributed by atoms with Crippen molar-refractivity contribution in [1.29, 1.82) is 0 Å². The molecule has 0 saturated heterocycles. The van der Waals surface area contributed by atoms with Crippen LogP contribution in [0.5, 0.6) is 0 Å². The zero-order valence-electron chi connectivity index (χ0n) is 16.2. The molecule has 154 valence electrons. The van der Waals surface area contributed by atoms with E-state index in [2.05, 4.69) is 15.6 Å². The van der Waals surface area contributed by atoms with Crippen molar-refractivity contribution in [3.8, 4) is 0 Å². The lowest BCUT2D eigenvalue weighted by Crippen LogP contribution is -2.27. The number of carbonyl (C=O) groups is 2. The van der Waals surface area contributed by atoms with E-state index in [4.69, 9.17) is 4.74 Å². The fourth-order valence-corrected chi connectivity index (χ4v) is 4.70. The van der Waals surface area contributed by atoms with Crippen LogP contribution in [0.4, 0.5) is 11.4 Å². The van der Waals surface area contributed by atoms with E-state index in [1.807, 2.05) is 0 Å². The molecule has 1 aromatic carbocycles. The Kier molecular flexibility index (Phi) is 7.34. The number of hydrogen-bond acceptors (Lipinski definition) is 7. The molecule has 0 aliphatic carbocycles. The van der Waals surface area contributed by atoms with Crippen molar-refractivity contribution in [2.75, 3.05) is 35.9 Å². The van der Waals surface area contributed by atoms with Gasteiger partial charge >= 0.3 is 0 Å². The molecule has 0 bridgehead atoms. The molecule has 0 spiro atoms. The number of fused-ring (bicyclic) bond motifs is 1. The normalized spacial score (nSPS) is 12.5. The molecule has 1 aliphatic rings. The molecule has 8 nitrogen and oxygen atoms in total. The van der Waals surface area contributed by atoms with Crippen LogP contribution in [0.25, 0.3) is 0 Å². The predicted octanol–water partition coefficient (Wildman–Crippen LogP) is 2.23. The van der Waals surface area contributed by atoms with Crippen molar-refractivity contribution in [2.24, 2.45) is 0 Å². The van der Waals surface area contributed by atoms with Gasteiger partial charge in [-0.15, -0.1) is 11.8 Å². The second-order valence-electron chi connectivity index (χ2n) is 6.32. The average molecular weight is 435 g/mol. The van der Waals surface area contributed by atoms with Gasteiger partial charge in [0.15, 0.2) is 5.16 Å². The summed E-state index contributed by atoms with van der Waals surface area (Å²) in [6.07, 6.45) is 0.760. The van der Waals surface area contributed by atoms with Crippen molar-refractivity contribution in [3.63, 3.8) is 0 Å². The van der Waals surface area contributed by atoms with E-state index in [1.165, 1.54) is 30.4 Å². The molecule has 0 radical (unpaired) electrons. The first kappa shape index (κ1) is 21.4. The first-order valence-corrected chi connectivity index (χ1v) is 11.0. The Balaban J connectivity index is 1.69. The Labute approximate surface area is 176 Å². The van der Waals surface area contributed by atoms with Crippen LogP contribution in [-0.4, -0.2) is 46.6 Å². The first-order chi connectivity index (χ1) is 14.0. The third-order valence-electron chi connectivity index (χ3n) is 4.07. The molecule has 2 heterocycles. The molecule has 2 aromatic rings. The molecule has 1 aromatic heterocycles. The van der Waals surface area contributed by atoms with E-state index in [-0.39, 0.29) is 23.1 Å². The van der Waals surface area contributed by atoms with Gasteiger partial charge in [0.25, 0.3) is 5.56 Å². The predicted molar refractivity (Wildman–Crippen MR) is 115 cm³/mol. The number of rotatable bonds is 8. The molecule has 10 heteroatoms. The van der Waals surface area contributed by atoms with E-state index in [1.54, 1.807) is 35.9 Å². The summed E-state index contributed by atoms with van der Waals surface area (Å²) in [6, 6.07) is 6.92. The van der Waals surface area contributed by atoms with Gasteiger partial charge in [-0.2, -0.15) is 0 Å². The molecular formula is C19H22N4O4S2. The molecule has 2 N–H and O–H groups in total. The van der Waals surface area contributed by atoms with Crippen LogP contribution < -0.4 is 16.2 Å². The lowest BCUT2D eigenvalue weighted by Gasteiger charge is -2.13. The molecule has 3 rings (SSSR count). The maximum absolute atomic E-state index is 12.7. The van der Waals surface area contributed by atoms with E-state index in [0.717, 1.165) is 17.9 Å². The average Bonchev–Trinajstić information content (AvgIpc) is 3.14. The second kappa shape index (κ2) is 9.95. The van der Waals surface area contributed by atoms with Crippen LogP contribution in [0.1, 0.15) is 12.6 Å². The van der Waals surface area contributed by atoms with Crippen LogP contribution in [-0.2, 0) is 27.3 Å². The van der Waals surface area contributed by atoms with Crippen molar-refractivity contribution < 1.29 is 14.3 Å². The Hall–Kier alpha value is -2.30. The van der Waals surface area contributed by atoms with Crippen LogP contribution in [0.15, 0.2) is 39.1 Å². The number of nitrogens with zero attached hydrogens (tertiary/aromatic N) is 2. The highest BCUT2D eigenvalue weighted by Crippen LogP contribution is 2.28. The second-order valence-corrected chi connectivity index (χ2v) is 8.36. The number of methoxy groups -OCH3 is 1. The Morgan fingerprint density at radius 2 is 2.07 bits per heavy atom. The van der Waals surface area contributed by atoms with Gasteiger partial charge in [0, 0.05) is 37.6 Å². The molecular weight excluding hydrogens is 412 g/mol. The number of aryl methyl sites for hydroxylation is 1. The number of amides is 2. The van der Waals surface area contributed by atoms with Gasteiger partial charge in [-0.1, -0.05) is 17.8 Å². The Bertz CT molecular complexity index is 977. The Morgan fingerprint density at radius 3 is 2.79 bits per heavy atom. The van der Waals surface area contributed by atoms with E-state index in [9.17, 15) is 14.4 Å². The fourth-order valence-electron chi connectivity index (χ4n) is 2.82. The molecule has 1 aliphatic heterocycles. The van der Waals surface area contributed by atoms with Gasteiger partial charge in [0.2, 0.25) is 11.8 Å². The highest BCUT2D eigenvalue weighted by atomic mass is 32.2. The van der Waals surface area contributed by atoms with Gasteiger partial charge in [-0.05, 0) is 18.2 Å². The van der Waals surface area contributed by atoms with Crippen molar-refractivity contribution in [3.05, 3.63) is 40.3 Å². The number of hydrogen-bond donors (Lipinski definition) is 2. The summed E-state index contributed by atoms with van der Waals surface area (Å²) in [6.45, 7) is 2.20. The van der Waals surface area contributed by atoms with Crippen LogP contribution in [0.2, 0.25) is 0 Å². The summed E-state index contributed by atoms with van der Waals surface area (Å²) >= 11 is 2.75. The minimum atomic E-state index is -0.225. The van der Waals surface area contributed by atoms with Crippen LogP contribution >= 0.6 is 23.5 Å². The fraction of sp³-hybridized carbons (Fsp3) is 0.368. The molecule has 0 saturated carbocycles. The largest absolute Gasteiger partial charge is 0.383 e. The maximum atomic E-state index is 12.7. The molecule has 0 fully saturated rings. The lowest BCUT2D eigenvalue weighted by atomic mass is 10.2. The zero-order chi connectivity index (χ0) is 20.8. The van der Waals surface area contributed by atoms with Gasteiger partial charge in [0.1, 0.15) is 0 Å². The topological polar surface area (TPSA) is 102 Å². The highest BCUT2D eigenvalue weighted by molar-refractivity contribution is 8.00. The SMILES string of the molecule is COCCn1c(SCC(=O)Nc2cccc(NC(C)=O)c2)nc2c(c1=O)SCC2. The quantitative estimate of drug-likeness (QED) is 0.485. The van der Waals surface area contributed by atoms with Crippen molar-refractivity contribution >= 4 is 46.7 Å². The van der Waals surface area contributed by atoms with Crippen LogP contribution in [0.3, 0.4) is 0 Å². The van der Waals surface area contributed by atoms with Gasteiger partial charge in [0.05, 0.1) is 29.5 Å². The van der Waals surface area contributed by atoms with Crippen LogP contribution in [0, 0.1) is 0 Å². The maximum Gasteiger partial charge on any atom is 0.268 e. The third kappa shape index (κ3) is 5.62. The third-order valence-corrected chi connectivity index (χ3v) is 6.15. The number of benzene rings is 1. The smallest absolute Gasteiger partial charge is 0.268 e. The number of anilines is 2. The number of carbonyl (C=O) groups excluding carboxylic acids is 2. The number of thioether (sulfide) groups is 2. The van der Waals surface area contributed by atoms with Crippen molar-refractivity contribution in [1.82, 2.24) is 9.55 Å². The monoisotopic (exact) mass is 434 g/mol. The minimum absolute atomic E-state index is 0.0690. The summed E-state index contributed by atoms with van der Waals surface area (Å²) in [7, 11) is 1.58. The minimum Gasteiger partial charge on any atom is -0.383 e. The Morgan fingerprint density at radius 1 is 1.31 bits per heavy atom. The van der Waals surface area contributed by atoms with Gasteiger partial charge in [-0.25, -0.2) is 4.98 Å². The van der Waals surface area contributed by atoms with E-state index in [0.29, 0.717) is 34.6 Å². The first-order valence-electron chi connectivity index (χ1n) is 9.03. The molecule has 29 heavy (non-hydrogen) atoms. The summed E-state index contributed by atoms with van der Waals surface area (Å²) in [5.41, 5.74) is 1.92. The molecule has 2 amide bonds. The number of nitrogens with one attached hydrogen (secondary N) is 2. The van der Waals surface area contributed by atoms with E-state index >= 15 is 0 Å². The summed E-state index contributed by atoms with van der Waals surface area (Å²) in [5.74, 6) is 0.549. The summed E-state index contributed by atoms with van der Waals surface area (Å²) < 4.78 is 6.68. The van der Waals surface area contributed by atoms with Gasteiger partial charge in [-0.3, -0.25) is 19.0 Å². The molecule has 0 atom stereocenters. The van der Waals surface area contributed by atoms with Gasteiger partial charge < -0.3 is 15.4 Å². The highest BCUT2D eigenvalue weighted by Gasteiger charge is 2.22. The van der Waals surface area contributed by atoms with Crippen molar-refractivity contribution in [2.45, 2.75) is 29.9 Å². The van der Waals surface area contributed by atoms with E-state index < -0.39 is 0 Å². The number of ether oxygens (including phenoxy) is 1. The zero-order valence-corrected chi connectivity index (χ0v) is 17.8. The lowest BCUT2D eigenvalue weighted by molar-refractivity contribution is -0.114. The molecule has 0 unspecified atom stereocenters.